The number of rotatable bonds is 3. The van der Waals surface area contributed by atoms with Gasteiger partial charge in [0, 0.05) is 18.0 Å². The summed E-state index contributed by atoms with van der Waals surface area (Å²) in [6.45, 7) is 9.91. The van der Waals surface area contributed by atoms with Crippen molar-refractivity contribution in [1.29, 1.82) is 0 Å². The highest BCUT2D eigenvalue weighted by Gasteiger charge is 2.50. The minimum absolute atomic E-state index is 0.449. The van der Waals surface area contributed by atoms with Gasteiger partial charge >= 0.3 is 0 Å². The minimum atomic E-state index is 0.449. The molecule has 0 radical (unpaired) electrons. The fourth-order valence-electron chi connectivity index (χ4n) is 5.21. The topological polar surface area (TPSA) is 3.24 Å². The molecule has 2 bridgehead atoms. The van der Waals surface area contributed by atoms with Gasteiger partial charge in [0.15, 0.2) is 0 Å². The Morgan fingerprint density at radius 3 is 2.81 bits per heavy atom. The Bertz CT molecular complexity index is 545. The molecule has 0 N–H and O–H groups in total. The van der Waals surface area contributed by atoms with E-state index in [4.69, 9.17) is 0 Å². The van der Waals surface area contributed by atoms with E-state index in [1.807, 2.05) is 0 Å². The molecule has 2 fully saturated rings. The zero-order valence-corrected chi connectivity index (χ0v) is 13.9. The number of aryl methyl sites for hydroxylation is 1. The van der Waals surface area contributed by atoms with Crippen LogP contribution in [0.15, 0.2) is 18.2 Å². The summed E-state index contributed by atoms with van der Waals surface area (Å²) in [6.07, 6.45) is 6.91. The van der Waals surface area contributed by atoms with Gasteiger partial charge in [-0.2, -0.15) is 0 Å². The van der Waals surface area contributed by atoms with Crippen molar-refractivity contribution in [2.75, 3.05) is 13.1 Å². The number of nitrogens with zero attached hydrogens (tertiary/aromatic N) is 1. The number of hydrogen-bond donors (Lipinski definition) is 0. The summed E-state index contributed by atoms with van der Waals surface area (Å²) >= 11 is 0. The van der Waals surface area contributed by atoms with Crippen LogP contribution < -0.4 is 0 Å². The molecule has 0 amide bonds. The third kappa shape index (κ3) is 2.08. The average molecular weight is 283 g/mol. The fraction of sp³-hybridized carbons (Fsp3) is 0.700. The van der Waals surface area contributed by atoms with Gasteiger partial charge in [-0.15, -0.1) is 0 Å². The van der Waals surface area contributed by atoms with E-state index < -0.39 is 0 Å². The lowest BCUT2D eigenvalue weighted by Gasteiger charge is -2.56. The zero-order chi connectivity index (χ0) is 14.6. The Balaban J connectivity index is 1.74. The van der Waals surface area contributed by atoms with E-state index in [1.54, 1.807) is 11.1 Å². The number of piperidine rings is 1. The maximum Gasteiger partial charge on any atom is 0.0170 e. The Morgan fingerprint density at radius 2 is 2.10 bits per heavy atom. The van der Waals surface area contributed by atoms with Gasteiger partial charge in [0.25, 0.3) is 0 Å². The number of likely N-dealkylation sites (tertiary alicyclic amines) is 1. The van der Waals surface area contributed by atoms with Crippen molar-refractivity contribution in [3.63, 3.8) is 0 Å². The van der Waals surface area contributed by atoms with Crippen LogP contribution >= 0.6 is 0 Å². The van der Waals surface area contributed by atoms with Crippen molar-refractivity contribution < 1.29 is 0 Å². The van der Waals surface area contributed by atoms with Gasteiger partial charge in [-0.05, 0) is 68.5 Å². The molecule has 1 saturated heterocycles. The summed E-state index contributed by atoms with van der Waals surface area (Å²) in [7, 11) is 0. The Kier molecular flexibility index (Phi) is 3.19. The lowest BCUT2D eigenvalue weighted by atomic mass is 9.56. The molecule has 114 valence electrons. The van der Waals surface area contributed by atoms with Crippen molar-refractivity contribution in [3.05, 3.63) is 34.9 Å². The van der Waals surface area contributed by atoms with E-state index in [-0.39, 0.29) is 0 Å². The molecule has 2 aliphatic carbocycles. The zero-order valence-electron chi connectivity index (χ0n) is 13.9. The lowest BCUT2D eigenvalue weighted by Crippen LogP contribution is -2.59. The molecule has 3 aliphatic rings. The van der Waals surface area contributed by atoms with Gasteiger partial charge in [0.1, 0.15) is 0 Å². The van der Waals surface area contributed by atoms with Crippen LogP contribution in [0.5, 0.6) is 0 Å². The fourth-order valence-corrected chi connectivity index (χ4v) is 5.21. The van der Waals surface area contributed by atoms with Gasteiger partial charge in [-0.3, -0.25) is 4.90 Å². The molecule has 4 rings (SSSR count). The molecule has 1 aromatic carbocycles. The maximum atomic E-state index is 2.85. The summed E-state index contributed by atoms with van der Waals surface area (Å²) in [5.74, 6) is 1.83. The minimum Gasteiger partial charge on any atom is -0.299 e. The second-order valence-electron chi connectivity index (χ2n) is 7.92. The second kappa shape index (κ2) is 4.84. The number of benzene rings is 1. The van der Waals surface area contributed by atoms with Gasteiger partial charge in [-0.1, -0.05) is 37.6 Å². The second-order valence-corrected chi connectivity index (χ2v) is 7.92. The predicted octanol–water partition coefficient (Wildman–Crippen LogP) is 4.32. The molecule has 0 aromatic heterocycles. The molecule has 1 saturated carbocycles. The standard InChI is InChI=1S/C20H29N/c1-4-20-9-10-21(13-16-6-7-16)19(15(20)3)12-17-8-5-14(2)11-18(17)20/h5,8,11,15-16,19H,4,6-7,9-10,12-13H2,1-3H3/t15-,19?,20-/m0/s1. The van der Waals surface area contributed by atoms with Crippen LogP contribution in [0.25, 0.3) is 0 Å². The van der Waals surface area contributed by atoms with E-state index in [0.29, 0.717) is 5.41 Å². The van der Waals surface area contributed by atoms with Crippen LogP contribution in [0.4, 0.5) is 0 Å². The molecule has 1 aliphatic heterocycles. The summed E-state index contributed by atoms with van der Waals surface area (Å²) in [6, 6.07) is 8.03. The predicted molar refractivity (Wildman–Crippen MR) is 88.7 cm³/mol. The average Bonchev–Trinajstić information content (AvgIpc) is 3.28. The lowest BCUT2D eigenvalue weighted by molar-refractivity contribution is 0.0180. The third-order valence-electron chi connectivity index (χ3n) is 6.81. The van der Waals surface area contributed by atoms with E-state index in [1.165, 1.54) is 50.8 Å². The van der Waals surface area contributed by atoms with Crippen LogP contribution in [0.3, 0.4) is 0 Å². The van der Waals surface area contributed by atoms with Crippen LogP contribution in [-0.4, -0.2) is 24.0 Å². The SMILES string of the molecule is CC[C@@]12CCN(CC3CC3)C(Cc3ccc(C)cc31)[C@@H]2C. The van der Waals surface area contributed by atoms with E-state index in [2.05, 4.69) is 43.9 Å². The third-order valence-corrected chi connectivity index (χ3v) is 6.81. The van der Waals surface area contributed by atoms with Gasteiger partial charge < -0.3 is 0 Å². The van der Waals surface area contributed by atoms with Crippen LogP contribution in [0.2, 0.25) is 0 Å². The maximum absolute atomic E-state index is 2.85. The van der Waals surface area contributed by atoms with Crippen LogP contribution in [0.1, 0.15) is 56.2 Å². The number of hydrogen-bond acceptors (Lipinski definition) is 1. The summed E-state index contributed by atoms with van der Waals surface area (Å²) < 4.78 is 0. The molecule has 1 aromatic rings. The molecule has 0 spiro atoms. The summed E-state index contributed by atoms with van der Waals surface area (Å²) in [5.41, 5.74) is 5.23. The molecule has 1 heteroatoms. The first-order chi connectivity index (χ1) is 10.1. The van der Waals surface area contributed by atoms with Crippen molar-refractivity contribution in [3.8, 4) is 0 Å². The number of fused-ring (bicyclic) bond motifs is 4. The highest BCUT2D eigenvalue weighted by atomic mass is 15.2. The summed E-state index contributed by atoms with van der Waals surface area (Å²) in [5, 5.41) is 0. The Morgan fingerprint density at radius 1 is 1.29 bits per heavy atom. The highest BCUT2D eigenvalue weighted by molar-refractivity contribution is 5.42. The first-order valence-corrected chi connectivity index (χ1v) is 8.98. The molecule has 1 nitrogen and oxygen atoms in total. The highest BCUT2D eigenvalue weighted by Crippen LogP contribution is 2.51. The molecule has 1 unspecified atom stereocenters. The van der Waals surface area contributed by atoms with Gasteiger partial charge in [0.2, 0.25) is 0 Å². The molecule has 21 heavy (non-hydrogen) atoms. The van der Waals surface area contributed by atoms with Crippen molar-refractivity contribution >= 4 is 0 Å². The molecular formula is C20H29N. The van der Waals surface area contributed by atoms with Crippen LogP contribution in [-0.2, 0) is 11.8 Å². The molecule has 3 atom stereocenters. The largest absolute Gasteiger partial charge is 0.299 e. The Labute approximate surface area is 129 Å². The van der Waals surface area contributed by atoms with Crippen LogP contribution in [0, 0.1) is 18.8 Å². The normalized spacial score (nSPS) is 35.6. The summed E-state index contributed by atoms with van der Waals surface area (Å²) in [4.78, 5) is 2.85. The quantitative estimate of drug-likeness (QED) is 0.798. The molecule has 1 heterocycles. The van der Waals surface area contributed by atoms with E-state index in [0.717, 1.165) is 17.9 Å². The van der Waals surface area contributed by atoms with E-state index >= 15 is 0 Å². The van der Waals surface area contributed by atoms with E-state index in [9.17, 15) is 0 Å². The van der Waals surface area contributed by atoms with Crippen molar-refractivity contribution in [1.82, 2.24) is 4.90 Å². The first kappa shape index (κ1) is 13.8. The van der Waals surface area contributed by atoms with Crippen molar-refractivity contribution in [2.24, 2.45) is 11.8 Å². The monoisotopic (exact) mass is 283 g/mol. The van der Waals surface area contributed by atoms with Crippen molar-refractivity contribution in [2.45, 2.75) is 64.3 Å². The molecular weight excluding hydrogens is 254 g/mol. The Hall–Kier alpha value is -0.820. The van der Waals surface area contributed by atoms with Gasteiger partial charge in [0.05, 0.1) is 0 Å². The smallest absolute Gasteiger partial charge is 0.0170 e. The first-order valence-electron chi connectivity index (χ1n) is 8.98. The van der Waals surface area contributed by atoms with Gasteiger partial charge in [-0.25, -0.2) is 0 Å².